The van der Waals surface area contributed by atoms with Gasteiger partial charge in [-0.1, -0.05) is 24.3 Å². The van der Waals surface area contributed by atoms with Crippen LogP contribution >= 0.6 is 0 Å². The Morgan fingerprint density at radius 1 is 1.14 bits per heavy atom. The molecule has 2 atom stereocenters. The highest BCUT2D eigenvalue weighted by atomic mass is 32.2. The van der Waals surface area contributed by atoms with Crippen molar-refractivity contribution in [2.75, 3.05) is 19.9 Å². The molecule has 0 N–H and O–H groups in total. The fourth-order valence-electron chi connectivity index (χ4n) is 4.27. The number of aromatic nitrogens is 2. The average molecular weight is 625 g/mol. The molecule has 0 aliphatic carbocycles. The predicted molar refractivity (Wildman–Crippen MR) is 139 cm³/mol. The third kappa shape index (κ3) is 8.29. The van der Waals surface area contributed by atoms with Gasteiger partial charge in [0.05, 0.1) is 29.3 Å². The molecule has 0 saturated carbocycles. The molecule has 1 aliphatic rings. The second-order valence-electron chi connectivity index (χ2n) is 9.29. The van der Waals surface area contributed by atoms with Gasteiger partial charge in [0.25, 0.3) is 6.79 Å². The third-order valence-electron chi connectivity index (χ3n) is 6.32. The highest BCUT2D eigenvalue weighted by Crippen LogP contribution is 2.33. The van der Waals surface area contributed by atoms with E-state index in [2.05, 4.69) is 20.0 Å². The zero-order chi connectivity index (χ0) is 31.1. The molecule has 13 nitrogen and oxygen atoms in total. The summed E-state index contributed by atoms with van der Waals surface area (Å²) in [4.78, 5) is 28.0. The number of hydrogen-bond acceptors (Lipinski definition) is 10. The number of rotatable bonds is 11. The predicted octanol–water partition coefficient (Wildman–Crippen LogP) is 3.68. The van der Waals surface area contributed by atoms with Crippen molar-refractivity contribution in [2.45, 2.75) is 43.3 Å². The van der Waals surface area contributed by atoms with Crippen LogP contribution < -0.4 is 0 Å². The number of hydrazine groups is 1. The molecular weight excluding hydrogens is 599 g/mol. The smallest absolute Gasteiger partial charge is 0.435 e. The number of carbonyl (C=O) groups is 2. The zero-order valence-corrected chi connectivity index (χ0v) is 23.4. The molecule has 1 saturated heterocycles. The molecule has 0 bridgehead atoms. The highest BCUT2D eigenvalue weighted by molar-refractivity contribution is 7.79. The second kappa shape index (κ2) is 13.6. The Labute approximate surface area is 245 Å². The number of esters is 2. The summed E-state index contributed by atoms with van der Waals surface area (Å²) in [7, 11) is 0. The molecule has 0 amide bonds. The number of halogens is 3. The van der Waals surface area contributed by atoms with E-state index in [4.69, 9.17) is 4.74 Å². The van der Waals surface area contributed by atoms with Gasteiger partial charge in [0, 0.05) is 17.4 Å². The molecule has 43 heavy (non-hydrogen) atoms. The summed E-state index contributed by atoms with van der Waals surface area (Å²) in [6.07, 6.45) is -3.64. The monoisotopic (exact) mass is 624 g/mol. The van der Waals surface area contributed by atoms with Gasteiger partial charge < -0.3 is 24.1 Å². The molecule has 1 aliphatic heterocycles. The van der Waals surface area contributed by atoms with Gasteiger partial charge in [-0.2, -0.15) is 18.3 Å². The lowest BCUT2D eigenvalue weighted by atomic mass is 10.1. The van der Waals surface area contributed by atoms with Crippen LogP contribution in [0.15, 0.2) is 64.8 Å². The number of benzene rings is 2. The fourth-order valence-corrected chi connectivity index (χ4v) is 4.62. The maximum Gasteiger partial charge on any atom is 0.435 e. The van der Waals surface area contributed by atoms with Crippen LogP contribution in [0, 0.1) is 5.21 Å². The van der Waals surface area contributed by atoms with Crippen molar-refractivity contribution in [3.63, 3.8) is 0 Å². The lowest BCUT2D eigenvalue weighted by Gasteiger charge is -2.19. The van der Waals surface area contributed by atoms with E-state index in [0.717, 1.165) is 10.7 Å². The Bertz CT molecular complexity index is 1500. The van der Waals surface area contributed by atoms with E-state index in [-0.39, 0.29) is 34.3 Å². The van der Waals surface area contributed by atoms with Crippen molar-refractivity contribution < 1.29 is 50.8 Å². The number of nitrogens with zero attached hydrogens (tertiary/aromatic N) is 5. The van der Waals surface area contributed by atoms with Gasteiger partial charge in [0.2, 0.25) is 5.28 Å². The summed E-state index contributed by atoms with van der Waals surface area (Å²) in [5, 5.41) is 20.5. The SMILES string of the molecule is CC(=O)OCO/N=[N+](\[O-])N1CCCC1COC(=O)Cc1ccc(-c2cc(C(F)(F)F)nn2-c2ccc(S(=O)[O-])cc2)cc1. The number of alkyl halides is 3. The lowest BCUT2D eigenvalue weighted by Crippen LogP contribution is -2.39. The first-order valence-corrected chi connectivity index (χ1v) is 13.8. The van der Waals surface area contributed by atoms with Crippen molar-refractivity contribution in [3.8, 4) is 16.9 Å². The molecule has 2 heterocycles. The highest BCUT2D eigenvalue weighted by Gasteiger charge is 2.35. The normalized spacial score (nSPS) is 16.2. The van der Waals surface area contributed by atoms with Gasteiger partial charge in [0.15, 0.2) is 5.69 Å². The summed E-state index contributed by atoms with van der Waals surface area (Å²) in [6, 6.07) is 11.8. The summed E-state index contributed by atoms with van der Waals surface area (Å²) in [5.74, 6) is -1.18. The van der Waals surface area contributed by atoms with E-state index in [1.807, 2.05) is 0 Å². The molecule has 0 spiro atoms. The molecule has 1 aromatic heterocycles. The van der Waals surface area contributed by atoms with Crippen LogP contribution in [0.1, 0.15) is 31.0 Å². The Balaban J connectivity index is 1.40. The molecule has 17 heteroatoms. The summed E-state index contributed by atoms with van der Waals surface area (Å²) in [5.41, 5.74) is 0.0824. The Morgan fingerprint density at radius 2 is 1.84 bits per heavy atom. The molecule has 2 unspecified atom stereocenters. The molecular formula is C26H25F3N5O8S-. The van der Waals surface area contributed by atoms with E-state index in [0.29, 0.717) is 30.5 Å². The number of carbonyl (C=O) groups excluding carboxylic acids is 2. The molecule has 4 rings (SSSR count). The first-order valence-electron chi connectivity index (χ1n) is 12.7. The first kappa shape index (κ1) is 31.4. The minimum absolute atomic E-state index is 0.0315. The maximum atomic E-state index is 13.5. The number of hydrogen-bond donors (Lipinski definition) is 0. The topological polar surface area (TPSA) is 161 Å². The molecule has 0 radical (unpaired) electrons. The van der Waals surface area contributed by atoms with E-state index < -0.39 is 47.7 Å². The van der Waals surface area contributed by atoms with E-state index in [1.54, 1.807) is 12.1 Å². The minimum atomic E-state index is -4.72. The lowest BCUT2D eigenvalue weighted by molar-refractivity contribution is -0.715. The van der Waals surface area contributed by atoms with Crippen LogP contribution in [0.25, 0.3) is 16.9 Å². The van der Waals surface area contributed by atoms with E-state index >= 15 is 0 Å². The molecule has 1 fully saturated rings. The van der Waals surface area contributed by atoms with Crippen molar-refractivity contribution in [1.29, 1.82) is 0 Å². The van der Waals surface area contributed by atoms with E-state index in [1.165, 1.54) is 48.3 Å². The van der Waals surface area contributed by atoms with Gasteiger partial charge in [0.1, 0.15) is 12.6 Å². The average Bonchev–Trinajstić information content (AvgIpc) is 3.62. The fraction of sp³-hybridized carbons (Fsp3) is 0.346. The summed E-state index contributed by atoms with van der Waals surface area (Å²) >= 11 is -2.50. The van der Waals surface area contributed by atoms with Crippen molar-refractivity contribution in [2.24, 2.45) is 5.28 Å². The van der Waals surface area contributed by atoms with E-state index in [9.17, 15) is 36.7 Å². The zero-order valence-electron chi connectivity index (χ0n) is 22.6. The van der Waals surface area contributed by atoms with Gasteiger partial charge in [-0.15, -0.1) is 5.01 Å². The van der Waals surface area contributed by atoms with Crippen LogP contribution in [0.2, 0.25) is 0 Å². The quantitative estimate of drug-likeness (QED) is 0.0585. The standard InChI is InChI=1S/C26H26F3N5O8S/c1-17(35)41-16-42-31-34(37)32-12-2-3-21(32)15-40-25(36)13-18-4-6-19(7-5-18)23-14-24(26(27,28)29)30-33(23)20-8-10-22(11-9-20)43(38)39/h4-11,14,21H,2-3,12-13,15-16H2,1H3,(H,38,39)/p-1/b34-31-. The van der Waals surface area contributed by atoms with Crippen molar-refractivity contribution >= 4 is 23.0 Å². The van der Waals surface area contributed by atoms with Crippen LogP contribution in [0.3, 0.4) is 0 Å². The summed E-state index contributed by atoms with van der Waals surface area (Å²) in [6.45, 7) is 0.910. The Kier molecular flexibility index (Phi) is 9.97. The van der Waals surface area contributed by atoms with Crippen LogP contribution in [-0.4, -0.2) is 66.4 Å². The maximum absolute atomic E-state index is 13.5. The van der Waals surface area contributed by atoms with Gasteiger partial charge in [-0.25, -0.2) is 4.68 Å². The Hall–Kier alpha value is -4.51. The van der Waals surface area contributed by atoms with Gasteiger partial charge in [-0.3, -0.25) is 13.8 Å². The van der Waals surface area contributed by atoms with Crippen LogP contribution in [-0.2, 0) is 47.6 Å². The van der Waals surface area contributed by atoms with Crippen molar-refractivity contribution in [3.05, 3.63) is 71.1 Å². The van der Waals surface area contributed by atoms with Crippen LogP contribution in [0.5, 0.6) is 0 Å². The second-order valence-corrected chi connectivity index (χ2v) is 10.2. The minimum Gasteiger partial charge on any atom is -0.768 e. The van der Waals surface area contributed by atoms with Crippen LogP contribution in [0.4, 0.5) is 13.2 Å². The number of ether oxygens (including phenoxy) is 2. The third-order valence-corrected chi connectivity index (χ3v) is 6.97. The molecule has 230 valence electrons. The Morgan fingerprint density at radius 3 is 2.47 bits per heavy atom. The van der Waals surface area contributed by atoms with Gasteiger partial charge in [-0.05, 0) is 59.8 Å². The van der Waals surface area contributed by atoms with Crippen molar-refractivity contribution in [1.82, 2.24) is 14.8 Å². The largest absolute Gasteiger partial charge is 0.768 e. The van der Waals surface area contributed by atoms with Gasteiger partial charge >= 0.3 is 18.1 Å². The summed E-state index contributed by atoms with van der Waals surface area (Å²) < 4.78 is 73.7. The first-order chi connectivity index (χ1) is 20.4. The molecule has 2 aromatic carbocycles. The molecule has 3 aromatic rings.